The van der Waals surface area contributed by atoms with E-state index in [-0.39, 0.29) is 17.9 Å². The van der Waals surface area contributed by atoms with Crippen LogP contribution in [-0.4, -0.2) is 31.0 Å². The molecule has 0 atom stereocenters. The molecule has 1 aliphatic carbocycles. The average molecular weight is 436 g/mol. The van der Waals surface area contributed by atoms with E-state index in [9.17, 15) is 14.7 Å². The second-order valence-corrected chi connectivity index (χ2v) is 8.21. The first-order chi connectivity index (χ1) is 14.5. The first-order valence-corrected chi connectivity index (χ1v) is 10.3. The van der Waals surface area contributed by atoms with Crippen LogP contribution in [0.2, 0.25) is 5.02 Å². The highest BCUT2D eigenvalue weighted by Gasteiger charge is 2.28. The summed E-state index contributed by atoms with van der Waals surface area (Å²) in [5, 5.41) is 15.3. The fourth-order valence-electron chi connectivity index (χ4n) is 3.86. The molecule has 0 saturated heterocycles. The van der Waals surface area contributed by atoms with Gasteiger partial charge in [-0.05, 0) is 47.4 Å². The van der Waals surface area contributed by atoms with E-state index in [1.165, 1.54) is 11.5 Å². The Morgan fingerprint density at radius 1 is 1.23 bits per heavy atom. The molecule has 1 N–H and O–H groups in total. The Morgan fingerprint density at radius 3 is 2.90 bits per heavy atom. The lowest BCUT2D eigenvalue weighted by Gasteiger charge is -2.11. The zero-order valence-electron chi connectivity index (χ0n) is 15.5. The summed E-state index contributed by atoms with van der Waals surface area (Å²) >= 11 is 7.54. The maximum atomic E-state index is 12.6. The van der Waals surface area contributed by atoms with Gasteiger partial charge in [-0.3, -0.25) is 4.79 Å². The molecule has 5 rings (SSSR count). The third-order valence-electron chi connectivity index (χ3n) is 5.15. The molecule has 4 aromatic rings. The molecule has 0 fully saturated rings. The van der Waals surface area contributed by atoms with Crippen LogP contribution >= 0.6 is 23.1 Å². The molecule has 0 bridgehead atoms. The number of allylic oxidation sites excluding steroid dienone is 4. The summed E-state index contributed by atoms with van der Waals surface area (Å²) < 4.78 is 6.64. The molecule has 6 nitrogen and oxygen atoms in total. The van der Waals surface area contributed by atoms with E-state index in [1.807, 2.05) is 18.2 Å². The van der Waals surface area contributed by atoms with Gasteiger partial charge in [-0.25, -0.2) is 4.79 Å². The molecule has 0 saturated carbocycles. The fourth-order valence-corrected chi connectivity index (χ4v) is 4.57. The number of Topliss-reactive ketones (excluding diaryl/α,β-unsaturated/α-hetero) is 1. The predicted octanol–water partition coefficient (Wildman–Crippen LogP) is 4.96. The first kappa shape index (κ1) is 18.7. The second kappa shape index (κ2) is 7.19. The van der Waals surface area contributed by atoms with Crippen LogP contribution in [0.15, 0.2) is 54.6 Å². The number of hydrogen-bond donors (Lipinski definition) is 1. The van der Waals surface area contributed by atoms with Gasteiger partial charge in [0.2, 0.25) is 0 Å². The largest absolute Gasteiger partial charge is 0.477 e. The first-order valence-electron chi connectivity index (χ1n) is 9.19. The Morgan fingerprint density at radius 2 is 2.10 bits per heavy atom. The highest BCUT2D eigenvalue weighted by Crippen LogP contribution is 2.36. The minimum absolute atomic E-state index is 0.0682. The SMILES string of the molecule is O=C1CC=CC=C1c1c(C(=O)O)n(Cc2ccc3snnc3c2)c2ccc(Cl)cc12. The normalized spacial score (nSPS) is 13.9. The summed E-state index contributed by atoms with van der Waals surface area (Å²) in [6.07, 6.45) is 5.45. The third-order valence-corrected chi connectivity index (χ3v) is 6.09. The minimum Gasteiger partial charge on any atom is -0.477 e. The monoisotopic (exact) mass is 435 g/mol. The van der Waals surface area contributed by atoms with Crippen LogP contribution in [0.4, 0.5) is 0 Å². The van der Waals surface area contributed by atoms with Crippen LogP contribution in [0.5, 0.6) is 0 Å². The van der Waals surface area contributed by atoms with E-state index < -0.39 is 5.97 Å². The molecule has 0 spiro atoms. The average Bonchev–Trinajstić information content (AvgIpc) is 3.30. The summed E-state index contributed by atoms with van der Waals surface area (Å²) in [5.41, 5.74) is 3.22. The van der Waals surface area contributed by atoms with E-state index in [4.69, 9.17) is 11.6 Å². The van der Waals surface area contributed by atoms with Crippen LogP contribution < -0.4 is 0 Å². The second-order valence-electron chi connectivity index (χ2n) is 6.99. The standard InChI is InChI=1S/C22H14ClN3O3S/c23-13-6-7-17-15(10-13)20(14-3-1-2-4-18(14)27)21(22(28)29)26(17)11-12-5-8-19-16(9-12)24-25-30-19/h1-3,5-10H,4,11H2,(H,28,29). The van der Waals surface area contributed by atoms with E-state index in [0.29, 0.717) is 33.6 Å². The highest BCUT2D eigenvalue weighted by atomic mass is 35.5. The number of fused-ring (bicyclic) bond motifs is 2. The van der Waals surface area contributed by atoms with Crippen molar-refractivity contribution in [3.63, 3.8) is 0 Å². The molecular formula is C22H14ClN3O3S. The van der Waals surface area contributed by atoms with Gasteiger partial charge in [0.25, 0.3) is 0 Å². The molecule has 2 heterocycles. The van der Waals surface area contributed by atoms with Gasteiger partial charge in [-0.1, -0.05) is 40.4 Å². The lowest BCUT2D eigenvalue weighted by molar-refractivity contribution is -0.113. The maximum Gasteiger partial charge on any atom is 0.353 e. The van der Waals surface area contributed by atoms with Gasteiger partial charge in [-0.15, -0.1) is 5.10 Å². The number of carboxylic acid groups (broad SMARTS) is 1. The molecular weight excluding hydrogens is 422 g/mol. The number of aromatic carboxylic acids is 1. The molecule has 0 aliphatic heterocycles. The molecule has 30 heavy (non-hydrogen) atoms. The van der Waals surface area contributed by atoms with Gasteiger partial charge in [0, 0.05) is 40.0 Å². The van der Waals surface area contributed by atoms with Crippen LogP contribution in [0.3, 0.4) is 0 Å². The zero-order valence-corrected chi connectivity index (χ0v) is 17.1. The molecule has 0 radical (unpaired) electrons. The smallest absolute Gasteiger partial charge is 0.353 e. The Bertz CT molecular complexity index is 1410. The van der Waals surface area contributed by atoms with Crippen LogP contribution in [0, 0.1) is 0 Å². The summed E-state index contributed by atoms with van der Waals surface area (Å²) in [6.45, 7) is 0.310. The van der Waals surface area contributed by atoms with Crippen molar-refractivity contribution >= 4 is 61.6 Å². The van der Waals surface area contributed by atoms with Crippen molar-refractivity contribution in [2.75, 3.05) is 0 Å². The molecule has 2 aromatic heterocycles. The minimum atomic E-state index is -1.10. The number of carbonyl (C=O) groups excluding carboxylic acids is 1. The molecule has 1 aliphatic rings. The van der Waals surface area contributed by atoms with Crippen LogP contribution in [0.1, 0.15) is 28.0 Å². The Kier molecular flexibility index (Phi) is 4.49. The van der Waals surface area contributed by atoms with Crippen molar-refractivity contribution in [2.24, 2.45) is 0 Å². The van der Waals surface area contributed by atoms with Gasteiger partial charge in [0.1, 0.15) is 11.2 Å². The fraction of sp³-hybridized carbons (Fsp3) is 0.0909. The lowest BCUT2D eigenvalue weighted by Crippen LogP contribution is -2.13. The third kappa shape index (κ3) is 3.03. The van der Waals surface area contributed by atoms with Gasteiger partial charge < -0.3 is 9.67 Å². The number of carboxylic acids is 1. The number of benzene rings is 2. The molecule has 0 unspecified atom stereocenters. The Balaban J connectivity index is 1.77. The highest BCUT2D eigenvalue weighted by molar-refractivity contribution is 7.12. The van der Waals surface area contributed by atoms with E-state index >= 15 is 0 Å². The van der Waals surface area contributed by atoms with Crippen LogP contribution in [0.25, 0.3) is 26.7 Å². The van der Waals surface area contributed by atoms with Crippen molar-refractivity contribution in [3.05, 3.63) is 76.5 Å². The number of carbonyl (C=O) groups is 2. The number of rotatable bonds is 4. The summed E-state index contributed by atoms with van der Waals surface area (Å²) in [5.74, 6) is -1.22. The summed E-state index contributed by atoms with van der Waals surface area (Å²) in [6, 6.07) is 11.0. The van der Waals surface area contributed by atoms with Crippen molar-refractivity contribution < 1.29 is 14.7 Å². The van der Waals surface area contributed by atoms with E-state index in [2.05, 4.69) is 9.59 Å². The Hall–Kier alpha value is -3.29. The van der Waals surface area contributed by atoms with Gasteiger partial charge in [-0.2, -0.15) is 0 Å². The molecule has 8 heteroatoms. The van der Waals surface area contributed by atoms with E-state index in [1.54, 1.807) is 41.0 Å². The van der Waals surface area contributed by atoms with Gasteiger partial charge in [0.05, 0.1) is 4.70 Å². The Labute approximate surface area is 179 Å². The van der Waals surface area contributed by atoms with Crippen molar-refractivity contribution in [3.8, 4) is 0 Å². The van der Waals surface area contributed by atoms with Crippen molar-refractivity contribution in [1.82, 2.24) is 14.2 Å². The summed E-state index contributed by atoms with van der Waals surface area (Å²) in [7, 11) is 0. The molecule has 148 valence electrons. The van der Waals surface area contributed by atoms with Crippen molar-refractivity contribution in [2.45, 2.75) is 13.0 Å². The molecule has 2 aromatic carbocycles. The van der Waals surface area contributed by atoms with Crippen LogP contribution in [-0.2, 0) is 11.3 Å². The van der Waals surface area contributed by atoms with Crippen molar-refractivity contribution in [1.29, 1.82) is 0 Å². The van der Waals surface area contributed by atoms with Gasteiger partial charge >= 0.3 is 5.97 Å². The quantitative estimate of drug-likeness (QED) is 0.489. The van der Waals surface area contributed by atoms with Gasteiger partial charge in [0.15, 0.2) is 5.78 Å². The number of hydrogen-bond acceptors (Lipinski definition) is 5. The number of halogens is 1. The lowest BCUT2D eigenvalue weighted by atomic mass is 9.93. The molecule has 0 amide bonds. The number of ketones is 1. The summed E-state index contributed by atoms with van der Waals surface area (Å²) in [4.78, 5) is 25.0. The maximum absolute atomic E-state index is 12.6. The number of nitrogens with zero attached hydrogens (tertiary/aromatic N) is 3. The topological polar surface area (TPSA) is 85.1 Å². The predicted molar refractivity (Wildman–Crippen MR) is 117 cm³/mol. The zero-order chi connectivity index (χ0) is 20.8. The van der Waals surface area contributed by atoms with E-state index in [0.717, 1.165) is 15.8 Å². The number of aromatic nitrogens is 3.